The molecule has 0 nitrogen and oxygen atoms in total. The summed E-state index contributed by atoms with van der Waals surface area (Å²) in [5, 5.41) is 0. The van der Waals surface area contributed by atoms with E-state index in [1.807, 2.05) is 0 Å². The number of hydrogen-bond acceptors (Lipinski definition) is 0. The van der Waals surface area contributed by atoms with Crippen LogP contribution in [0.15, 0.2) is 0 Å². The van der Waals surface area contributed by atoms with E-state index in [2.05, 4.69) is 41.5 Å². The summed E-state index contributed by atoms with van der Waals surface area (Å²) in [6.45, 7) is 14.2. The van der Waals surface area contributed by atoms with E-state index >= 15 is 0 Å². The van der Waals surface area contributed by atoms with Crippen LogP contribution in [0.4, 0.5) is 0 Å². The molecule has 0 bridgehead atoms. The SMILES string of the molecule is CC(C)(C)CC[C@@H]1C[C@@H]1C(C)(C)C. The van der Waals surface area contributed by atoms with Crippen LogP contribution in [0.25, 0.3) is 0 Å². The molecule has 0 spiro atoms. The average molecular weight is 182 g/mol. The molecule has 0 radical (unpaired) electrons. The first-order valence-electron chi connectivity index (χ1n) is 5.70. The van der Waals surface area contributed by atoms with Crippen LogP contribution < -0.4 is 0 Å². The first-order chi connectivity index (χ1) is 5.70. The fraction of sp³-hybridized carbons (Fsp3) is 1.00. The minimum absolute atomic E-state index is 0.533. The Morgan fingerprint density at radius 1 is 1.00 bits per heavy atom. The third-order valence-corrected chi connectivity index (χ3v) is 3.30. The zero-order chi connectivity index (χ0) is 10.3. The van der Waals surface area contributed by atoms with Crippen molar-refractivity contribution in [3.8, 4) is 0 Å². The fourth-order valence-corrected chi connectivity index (χ4v) is 2.25. The highest BCUT2D eigenvalue weighted by atomic mass is 14.5. The molecule has 0 heteroatoms. The lowest BCUT2D eigenvalue weighted by Gasteiger charge is -2.20. The van der Waals surface area contributed by atoms with Gasteiger partial charge in [0, 0.05) is 0 Å². The quantitative estimate of drug-likeness (QED) is 0.590. The van der Waals surface area contributed by atoms with Crippen molar-refractivity contribution in [2.45, 2.75) is 60.8 Å². The van der Waals surface area contributed by atoms with Crippen molar-refractivity contribution in [1.82, 2.24) is 0 Å². The molecule has 0 amide bonds. The van der Waals surface area contributed by atoms with Gasteiger partial charge in [-0.25, -0.2) is 0 Å². The van der Waals surface area contributed by atoms with Crippen molar-refractivity contribution in [2.24, 2.45) is 22.7 Å². The molecule has 1 fully saturated rings. The lowest BCUT2D eigenvalue weighted by Crippen LogP contribution is -2.11. The Bertz CT molecular complexity index is 165. The van der Waals surface area contributed by atoms with E-state index in [1.165, 1.54) is 19.3 Å². The number of rotatable bonds is 2. The van der Waals surface area contributed by atoms with Crippen molar-refractivity contribution >= 4 is 0 Å². The first-order valence-corrected chi connectivity index (χ1v) is 5.70. The van der Waals surface area contributed by atoms with E-state index in [0.717, 1.165) is 11.8 Å². The predicted octanol–water partition coefficient (Wildman–Crippen LogP) is 4.49. The predicted molar refractivity (Wildman–Crippen MR) is 59.7 cm³/mol. The topological polar surface area (TPSA) is 0 Å². The maximum absolute atomic E-state index is 2.38. The lowest BCUT2D eigenvalue weighted by molar-refractivity contribution is 0.300. The van der Waals surface area contributed by atoms with Gasteiger partial charge in [0.05, 0.1) is 0 Å². The largest absolute Gasteiger partial charge is 0.0602 e. The molecule has 13 heavy (non-hydrogen) atoms. The monoisotopic (exact) mass is 182 g/mol. The average Bonchev–Trinajstić information content (AvgIpc) is 2.57. The van der Waals surface area contributed by atoms with E-state index in [-0.39, 0.29) is 0 Å². The van der Waals surface area contributed by atoms with Gasteiger partial charge in [-0.15, -0.1) is 0 Å². The van der Waals surface area contributed by atoms with E-state index in [4.69, 9.17) is 0 Å². The second kappa shape index (κ2) is 3.29. The van der Waals surface area contributed by atoms with Crippen molar-refractivity contribution in [1.29, 1.82) is 0 Å². The Morgan fingerprint density at radius 3 is 1.85 bits per heavy atom. The molecular formula is C13H26. The molecule has 0 N–H and O–H groups in total. The van der Waals surface area contributed by atoms with Crippen LogP contribution in [0.5, 0.6) is 0 Å². The smallest absolute Gasteiger partial charge is 0.0334 e. The maximum Gasteiger partial charge on any atom is -0.0334 e. The summed E-state index contributed by atoms with van der Waals surface area (Å²) in [7, 11) is 0. The summed E-state index contributed by atoms with van der Waals surface area (Å²) in [6, 6.07) is 0. The number of hydrogen-bond donors (Lipinski definition) is 0. The third-order valence-electron chi connectivity index (χ3n) is 3.30. The normalized spacial score (nSPS) is 29.1. The molecular weight excluding hydrogens is 156 g/mol. The molecule has 1 aliphatic rings. The maximum atomic E-state index is 2.38. The zero-order valence-electron chi connectivity index (χ0n) is 10.3. The zero-order valence-corrected chi connectivity index (χ0v) is 10.3. The second-order valence-electron chi connectivity index (χ2n) is 7.07. The Kier molecular flexibility index (Phi) is 2.81. The minimum Gasteiger partial charge on any atom is -0.0602 e. The van der Waals surface area contributed by atoms with Gasteiger partial charge >= 0.3 is 0 Å². The van der Waals surface area contributed by atoms with Gasteiger partial charge < -0.3 is 0 Å². The Balaban J connectivity index is 2.22. The third kappa shape index (κ3) is 3.70. The standard InChI is InChI=1S/C13H26/c1-12(2,3)8-7-10-9-11(10)13(4,5)6/h10-11H,7-9H2,1-6H3/t10-,11+/m1/s1. The molecule has 0 aromatic carbocycles. The lowest BCUT2D eigenvalue weighted by atomic mass is 9.85. The molecule has 78 valence electrons. The van der Waals surface area contributed by atoms with Gasteiger partial charge in [0.15, 0.2) is 0 Å². The molecule has 1 rings (SSSR count). The van der Waals surface area contributed by atoms with E-state index in [1.54, 1.807) is 0 Å². The molecule has 1 aliphatic carbocycles. The summed E-state index contributed by atoms with van der Waals surface area (Å²) in [4.78, 5) is 0. The highest BCUT2D eigenvalue weighted by molar-refractivity contribution is 4.94. The molecule has 2 atom stereocenters. The highest BCUT2D eigenvalue weighted by Crippen LogP contribution is 2.53. The van der Waals surface area contributed by atoms with Gasteiger partial charge in [-0.3, -0.25) is 0 Å². The van der Waals surface area contributed by atoms with Crippen LogP contribution in [0.1, 0.15) is 60.8 Å². The van der Waals surface area contributed by atoms with Gasteiger partial charge in [0.2, 0.25) is 0 Å². The van der Waals surface area contributed by atoms with Crippen LogP contribution >= 0.6 is 0 Å². The summed E-state index contributed by atoms with van der Waals surface area (Å²) in [5.41, 5.74) is 1.09. The summed E-state index contributed by atoms with van der Waals surface area (Å²) < 4.78 is 0. The van der Waals surface area contributed by atoms with Crippen LogP contribution in [0.2, 0.25) is 0 Å². The van der Waals surface area contributed by atoms with Crippen LogP contribution in [0.3, 0.4) is 0 Å². The summed E-state index contributed by atoms with van der Waals surface area (Å²) >= 11 is 0. The second-order valence-corrected chi connectivity index (χ2v) is 7.07. The molecule has 0 aromatic heterocycles. The Hall–Kier alpha value is 0. The van der Waals surface area contributed by atoms with Crippen molar-refractivity contribution in [2.75, 3.05) is 0 Å². The summed E-state index contributed by atoms with van der Waals surface area (Å²) in [6.07, 6.45) is 4.33. The summed E-state index contributed by atoms with van der Waals surface area (Å²) in [5.74, 6) is 2.05. The molecule has 1 saturated carbocycles. The van der Waals surface area contributed by atoms with Gasteiger partial charge in [0.1, 0.15) is 0 Å². The molecule has 0 heterocycles. The Labute approximate surface area is 84.1 Å². The van der Waals surface area contributed by atoms with Gasteiger partial charge in [-0.2, -0.15) is 0 Å². The van der Waals surface area contributed by atoms with Gasteiger partial charge in [0.25, 0.3) is 0 Å². The van der Waals surface area contributed by atoms with E-state index in [0.29, 0.717) is 10.8 Å². The molecule has 0 saturated heterocycles. The first kappa shape index (κ1) is 11.1. The van der Waals surface area contributed by atoms with Crippen molar-refractivity contribution < 1.29 is 0 Å². The van der Waals surface area contributed by atoms with Crippen LogP contribution in [0, 0.1) is 22.7 Å². The molecule has 0 aliphatic heterocycles. The van der Waals surface area contributed by atoms with Crippen LogP contribution in [-0.2, 0) is 0 Å². The van der Waals surface area contributed by atoms with Gasteiger partial charge in [-0.05, 0) is 41.9 Å². The van der Waals surface area contributed by atoms with E-state index < -0.39 is 0 Å². The van der Waals surface area contributed by atoms with Crippen LogP contribution in [-0.4, -0.2) is 0 Å². The van der Waals surface area contributed by atoms with Crippen molar-refractivity contribution in [3.05, 3.63) is 0 Å². The van der Waals surface area contributed by atoms with Crippen molar-refractivity contribution in [3.63, 3.8) is 0 Å². The fourth-order valence-electron chi connectivity index (χ4n) is 2.25. The van der Waals surface area contributed by atoms with E-state index in [9.17, 15) is 0 Å². The minimum atomic E-state index is 0.533. The highest BCUT2D eigenvalue weighted by Gasteiger charge is 2.44. The van der Waals surface area contributed by atoms with Gasteiger partial charge in [-0.1, -0.05) is 41.5 Å². The molecule has 0 unspecified atom stereocenters. The molecule has 0 aromatic rings. The Morgan fingerprint density at radius 2 is 1.54 bits per heavy atom.